The first-order chi connectivity index (χ1) is 12.8. The third-order valence-corrected chi connectivity index (χ3v) is 4.63. The first kappa shape index (κ1) is 18.6. The fourth-order valence-electron chi connectivity index (χ4n) is 3.00. The zero-order chi connectivity index (χ0) is 19.6. The van der Waals surface area contributed by atoms with Crippen molar-refractivity contribution in [1.82, 2.24) is 10.3 Å². The summed E-state index contributed by atoms with van der Waals surface area (Å²) in [5.74, 6) is -0.546. The molecule has 1 heterocycles. The van der Waals surface area contributed by atoms with Gasteiger partial charge in [-0.1, -0.05) is 23.8 Å². The van der Waals surface area contributed by atoms with Crippen LogP contribution in [0.5, 0.6) is 0 Å². The molecule has 0 unspecified atom stereocenters. The molecule has 0 bridgehead atoms. The summed E-state index contributed by atoms with van der Waals surface area (Å²) in [6, 6.07) is 13.3. The van der Waals surface area contributed by atoms with E-state index in [2.05, 4.69) is 15.6 Å². The Morgan fingerprint density at radius 3 is 2.56 bits per heavy atom. The van der Waals surface area contributed by atoms with Crippen LogP contribution in [0, 0.1) is 27.7 Å². The van der Waals surface area contributed by atoms with Crippen molar-refractivity contribution in [3.05, 3.63) is 70.4 Å². The maximum Gasteiger partial charge on any atom is 0.252 e. The minimum absolute atomic E-state index is 0.0963. The predicted octanol–water partition coefficient (Wildman–Crippen LogP) is 3.84. The highest BCUT2D eigenvalue weighted by molar-refractivity contribution is 6.07. The van der Waals surface area contributed by atoms with E-state index in [0.29, 0.717) is 5.56 Å². The minimum atomic E-state index is -0.285. The first-order valence-electron chi connectivity index (χ1n) is 8.87. The highest BCUT2D eigenvalue weighted by atomic mass is 16.2. The molecule has 5 nitrogen and oxygen atoms in total. The molecule has 3 aromatic rings. The standard InChI is InChI=1S/C22H23N3O2/c1-13-8-9-20-17(10-13)18(11-15(3)24-20)22(27)23-12-21(26)25-19-7-5-6-14(2)16(19)4/h5-11H,12H2,1-4H3,(H,23,27)(H,25,26). The quantitative estimate of drug-likeness (QED) is 0.742. The summed E-state index contributed by atoms with van der Waals surface area (Å²) in [4.78, 5) is 29.4. The maximum atomic E-state index is 12.7. The van der Waals surface area contributed by atoms with Crippen molar-refractivity contribution in [2.24, 2.45) is 0 Å². The average Bonchev–Trinajstić information content (AvgIpc) is 2.63. The second-order valence-electron chi connectivity index (χ2n) is 6.81. The van der Waals surface area contributed by atoms with E-state index in [1.54, 1.807) is 6.07 Å². The van der Waals surface area contributed by atoms with Crippen molar-refractivity contribution in [3.63, 3.8) is 0 Å². The van der Waals surface area contributed by atoms with Gasteiger partial charge < -0.3 is 10.6 Å². The van der Waals surface area contributed by atoms with Gasteiger partial charge in [-0.05, 0) is 63.1 Å². The molecule has 1 aromatic heterocycles. The number of fused-ring (bicyclic) bond motifs is 1. The lowest BCUT2D eigenvalue weighted by Crippen LogP contribution is -2.33. The van der Waals surface area contributed by atoms with Crippen LogP contribution in [0.25, 0.3) is 10.9 Å². The Balaban J connectivity index is 1.74. The van der Waals surface area contributed by atoms with Crippen molar-refractivity contribution in [3.8, 4) is 0 Å². The third kappa shape index (κ3) is 4.14. The van der Waals surface area contributed by atoms with E-state index < -0.39 is 0 Å². The third-order valence-electron chi connectivity index (χ3n) is 4.63. The van der Waals surface area contributed by atoms with Gasteiger partial charge in [0.15, 0.2) is 0 Å². The molecule has 0 saturated heterocycles. The average molecular weight is 361 g/mol. The predicted molar refractivity (Wildman–Crippen MR) is 108 cm³/mol. The molecule has 0 aliphatic carbocycles. The molecule has 0 spiro atoms. The fourth-order valence-corrected chi connectivity index (χ4v) is 3.00. The number of amides is 2. The summed E-state index contributed by atoms with van der Waals surface area (Å²) in [7, 11) is 0. The van der Waals surface area contributed by atoms with Crippen molar-refractivity contribution >= 4 is 28.4 Å². The van der Waals surface area contributed by atoms with E-state index in [1.807, 2.05) is 64.1 Å². The molecule has 0 fully saturated rings. The van der Waals surface area contributed by atoms with Gasteiger partial charge in [-0.25, -0.2) is 0 Å². The number of nitrogens with zero attached hydrogens (tertiary/aromatic N) is 1. The van der Waals surface area contributed by atoms with Crippen LogP contribution < -0.4 is 10.6 Å². The van der Waals surface area contributed by atoms with Crippen molar-refractivity contribution in [1.29, 1.82) is 0 Å². The van der Waals surface area contributed by atoms with E-state index in [-0.39, 0.29) is 18.4 Å². The molecule has 2 aromatic carbocycles. The van der Waals surface area contributed by atoms with Crippen LogP contribution in [-0.4, -0.2) is 23.3 Å². The Hall–Kier alpha value is -3.21. The van der Waals surface area contributed by atoms with Gasteiger partial charge in [0.05, 0.1) is 17.6 Å². The van der Waals surface area contributed by atoms with Crippen LogP contribution in [0.1, 0.15) is 32.7 Å². The number of anilines is 1. The molecule has 2 N–H and O–H groups in total. The van der Waals surface area contributed by atoms with E-state index in [1.165, 1.54) is 0 Å². The molecule has 0 saturated carbocycles. The van der Waals surface area contributed by atoms with Gasteiger partial charge in [0.1, 0.15) is 0 Å². The molecule has 0 aliphatic rings. The largest absolute Gasteiger partial charge is 0.343 e. The maximum absolute atomic E-state index is 12.7. The monoisotopic (exact) mass is 361 g/mol. The molecule has 0 radical (unpaired) electrons. The Kier molecular flexibility index (Phi) is 5.21. The van der Waals surface area contributed by atoms with Gasteiger partial charge in [-0.2, -0.15) is 0 Å². The lowest BCUT2D eigenvalue weighted by Gasteiger charge is -2.12. The number of hydrogen-bond donors (Lipinski definition) is 2. The smallest absolute Gasteiger partial charge is 0.252 e. The van der Waals surface area contributed by atoms with Crippen LogP contribution in [0.15, 0.2) is 42.5 Å². The normalized spacial score (nSPS) is 10.7. The number of carbonyl (C=O) groups is 2. The van der Waals surface area contributed by atoms with E-state index in [9.17, 15) is 9.59 Å². The Labute approximate surface area is 158 Å². The van der Waals surface area contributed by atoms with E-state index in [4.69, 9.17) is 0 Å². The number of aryl methyl sites for hydroxylation is 3. The summed E-state index contributed by atoms with van der Waals surface area (Å²) in [5.41, 5.74) is 5.99. The number of hydrogen-bond acceptors (Lipinski definition) is 3. The second kappa shape index (κ2) is 7.58. The zero-order valence-corrected chi connectivity index (χ0v) is 16.0. The Morgan fingerprint density at radius 2 is 1.78 bits per heavy atom. The summed E-state index contributed by atoms with van der Waals surface area (Å²) in [6.45, 7) is 7.67. The number of benzene rings is 2. The van der Waals surface area contributed by atoms with Gasteiger partial charge in [0, 0.05) is 16.8 Å². The number of pyridine rings is 1. The van der Waals surface area contributed by atoms with Crippen molar-refractivity contribution in [2.45, 2.75) is 27.7 Å². The van der Waals surface area contributed by atoms with Crippen LogP contribution in [0.3, 0.4) is 0 Å². The van der Waals surface area contributed by atoms with Gasteiger partial charge in [0.25, 0.3) is 5.91 Å². The Bertz CT molecular complexity index is 1040. The molecule has 2 amide bonds. The van der Waals surface area contributed by atoms with E-state index >= 15 is 0 Å². The molecule has 5 heteroatoms. The minimum Gasteiger partial charge on any atom is -0.343 e. The van der Waals surface area contributed by atoms with Gasteiger partial charge in [-0.3, -0.25) is 14.6 Å². The number of aromatic nitrogens is 1. The summed E-state index contributed by atoms with van der Waals surface area (Å²) < 4.78 is 0. The number of rotatable bonds is 4. The number of nitrogens with one attached hydrogen (secondary N) is 2. The Morgan fingerprint density at radius 1 is 1.00 bits per heavy atom. The van der Waals surface area contributed by atoms with Crippen LogP contribution >= 0.6 is 0 Å². The lowest BCUT2D eigenvalue weighted by molar-refractivity contribution is -0.115. The molecule has 0 aliphatic heterocycles. The van der Waals surface area contributed by atoms with Crippen molar-refractivity contribution < 1.29 is 9.59 Å². The van der Waals surface area contributed by atoms with E-state index in [0.717, 1.165) is 39.0 Å². The van der Waals surface area contributed by atoms with Gasteiger partial charge in [-0.15, -0.1) is 0 Å². The topological polar surface area (TPSA) is 71.1 Å². The molecule has 0 atom stereocenters. The van der Waals surface area contributed by atoms with Crippen molar-refractivity contribution in [2.75, 3.05) is 11.9 Å². The van der Waals surface area contributed by atoms with Gasteiger partial charge >= 0.3 is 0 Å². The van der Waals surface area contributed by atoms with Crippen LogP contribution in [0.4, 0.5) is 5.69 Å². The van der Waals surface area contributed by atoms with Crippen LogP contribution in [0.2, 0.25) is 0 Å². The highest BCUT2D eigenvalue weighted by Crippen LogP contribution is 2.20. The summed E-state index contributed by atoms with van der Waals surface area (Å²) in [6.07, 6.45) is 0. The summed E-state index contributed by atoms with van der Waals surface area (Å²) in [5, 5.41) is 6.35. The SMILES string of the molecule is Cc1ccc2nc(C)cc(C(=O)NCC(=O)Nc3cccc(C)c3C)c2c1. The molecule has 3 rings (SSSR count). The molecule has 27 heavy (non-hydrogen) atoms. The zero-order valence-electron chi connectivity index (χ0n) is 16.0. The molecular formula is C22H23N3O2. The molecular weight excluding hydrogens is 338 g/mol. The second-order valence-corrected chi connectivity index (χ2v) is 6.81. The number of carbonyl (C=O) groups excluding carboxylic acids is 2. The first-order valence-corrected chi connectivity index (χ1v) is 8.87. The highest BCUT2D eigenvalue weighted by Gasteiger charge is 2.14. The summed E-state index contributed by atoms with van der Waals surface area (Å²) >= 11 is 0. The molecule has 138 valence electrons. The van der Waals surface area contributed by atoms with Gasteiger partial charge in [0.2, 0.25) is 5.91 Å². The lowest BCUT2D eigenvalue weighted by atomic mass is 10.0. The van der Waals surface area contributed by atoms with Crippen LogP contribution in [-0.2, 0) is 4.79 Å². The fraction of sp³-hybridized carbons (Fsp3) is 0.227.